The molecule has 7 nitrogen and oxygen atoms in total. The van der Waals surface area contributed by atoms with Gasteiger partial charge in [0.15, 0.2) is 5.82 Å². The average Bonchev–Trinajstić information content (AvgIpc) is 2.71. The van der Waals surface area contributed by atoms with Crippen LogP contribution in [0.25, 0.3) is 10.4 Å². The third kappa shape index (κ3) is 2.21. The molecule has 1 aromatic heterocycles. The third-order valence-corrected chi connectivity index (χ3v) is 3.05. The molecule has 18 heavy (non-hydrogen) atoms. The molecule has 94 valence electrons. The van der Waals surface area contributed by atoms with E-state index in [4.69, 9.17) is 11.3 Å². The molecule has 0 radical (unpaired) electrons. The lowest BCUT2D eigenvalue weighted by molar-refractivity contribution is -0.117. The summed E-state index contributed by atoms with van der Waals surface area (Å²) in [6.45, 7) is 2.70. The molecular formula is C11H14N6O. The van der Waals surface area contributed by atoms with E-state index in [0.717, 1.165) is 5.56 Å². The Hall–Kier alpha value is -2.27. The molecule has 1 amide bonds. The fraction of sp³-hybridized carbons (Fsp3) is 0.455. The molecule has 0 saturated carbocycles. The van der Waals surface area contributed by atoms with Gasteiger partial charge >= 0.3 is 0 Å². The number of rotatable bonds is 3. The Labute approximate surface area is 104 Å². The molecular weight excluding hydrogens is 232 g/mol. The van der Waals surface area contributed by atoms with Crippen molar-refractivity contribution in [2.45, 2.75) is 13.3 Å². The van der Waals surface area contributed by atoms with Gasteiger partial charge in [-0.25, -0.2) is 4.98 Å². The Morgan fingerprint density at radius 3 is 3.22 bits per heavy atom. The number of azide groups is 1. The molecule has 1 saturated heterocycles. The zero-order valence-corrected chi connectivity index (χ0v) is 10.1. The summed E-state index contributed by atoms with van der Waals surface area (Å²) in [7, 11) is 0. The van der Waals surface area contributed by atoms with Crippen LogP contribution < -0.4 is 10.6 Å². The van der Waals surface area contributed by atoms with Crippen LogP contribution in [-0.2, 0) is 4.79 Å². The number of anilines is 2. The Bertz CT molecular complexity index is 522. The van der Waals surface area contributed by atoms with E-state index in [9.17, 15) is 4.79 Å². The standard InChI is InChI=1S/C11H14N6O/c1-7-2-3-14-11(10(7)12)17-6-8(4-9(17)18)5-15-16-13/h2-3,8H,4-6,12H2,1H3. The molecule has 0 aromatic carbocycles. The van der Waals surface area contributed by atoms with Crippen LogP contribution in [0.2, 0.25) is 0 Å². The van der Waals surface area contributed by atoms with Crippen LogP contribution in [0.4, 0.5) is 11.5 Å². The smallest absolute Gasteiger partial charge is 0.228 e. The normalized spacial score (nSPS) is 18.8. The largest absolute Gasteiger partial charge is 0.396 e. The van der Waals surface area contributed by atoms with Crippen molar-refractivity contribution in [2.24, 2.45) is 11.0 Å². The van der Waals surface area contributed by atoms with Crippen LogP contribution in [0, 0.1) is 12.8 Å². The summed E-state index contributed by atoms with van der Waals surface area (Å²) >= 11 is 0. The summed E-state index contributed by atoms with van der Waals surface area (Å²) in [5.74, 6) is 0.511. The lowest BCUT2D eigenvalue weighted by Crippen LogP contribution is -2.27. The number of aryl methyl sites for hydroxylation is 1. The maximum atomic E-state index is 11.9. The van der Waals surface area contributed by atoms with E-state index in [1.165, 1.54) is 0 Å². The van der Waals surface area contributed by atoms with Crippen molar-refractivity contribution in [3.05, 3.63) is 28.3 Å². The van der Waals surface area contributed by atoms with Gasteiger partial charge in [0.25, 0.3) is 0 Å². The lowest BCUT2D eigenvalue weighted by atomic mass is 10.1. The van der Waals surface area contributed by atoms with Crippen molar-refractivity contribution in [1.29, 1.82) is 0 Å². The minimum Gasteiger partial charge on any atom is -0.396 e. The predicted molar refractivity (Wildman–Crippen MR) is 67.9 cm³/mol. The van der Waals surface area contributed by atoms with E-state index < -0.39 is 0 Å². The van der Waals surface area contributed by atoms with E-state index in [2.05, 4.69) is 15.0 Å². The number of nitrogens with two attached hydrogens (primary N) is 1. The van der Waals surface area contributed by atoms with Crippen LogP contribution >= 0.6 is 0 Å². The van der Waals surface area contributed by atoms with Gasteiger partial charge in [0.1, 0.15) is 0 Å². The molecule has 2 heterocycles. The van der Waals surface area contributed by atoms with Gasteiger partial charge in [-0.1, -0.05) is 5.11 Å². The molecule has 1 atom stereocenters. The molecule has 1 unspecified atom stereocenters. The molecule has 2 rings (SSSR count). The number of hydrogen-bond donors (Lipinski definition) is 1. The second-order valence-electron chi connectivity index (χ2n) is 4.35. The number of amides is 1. The zero-order valence-electron chi connectivity index (χ0n) is 10.1. The quantitative estimate of drug-likeness (QED) is 0.497. The third-order valence-electron chi connectivity index (χ3n) is 3.05. The van der Waals surface area contributed by atoms with E-state index in [-0.39, 0.29) is 11.8 Å². The number of carbonyl (C=O) groups excluding carboxylic acids is 1. The van der Waals surface area contributed by atoms with Crippen molar-refractivity contribution in [2.75, 3.05) is 23.7 Å². The minimum absolute atomic E-state index is 0.0297. The summed E-state index contributed by atoms with van der Waals surface area (Å²) in [6.07, 6.45) is 2.00. The first-order chi connectivity index (χ1) is 8.63. The van der Waals surface area contributed by atoms with Crippen molar-refractivity contribution in [3.63, 3.8) is 0 Å². The molecule has 0 aliphatic carbocycles. The average molecular weight is 246 g/mol. The first-order valence-electron chi connectivity index (χ1n) is 5.65. The number of carbonyl (C=O) groups is 1. The van der Waals surface area contributed by atoms with Crippen LogP contribution in [-0.4, -0.2) is 24.0 Å². The van der Waals surface area contributed by atoms with Gasteiger partial charge in [-0.2, -0.15) is 0 Å². The second-order valence-corrected chi connectivity index (χ2v) is 4.35. The minimum atomic E-state index is -0.0297. The summed E-state index contributed by atoms with van der Waals surface area (Å²) in [6, 6.07) is 1.80. The lowest BCUT2D eigenvalue weighted by Gasteiger charge is -2.18. The van der Waals surface area contributed by atoms with Gasteiger partial charge in [0.05, 0.1) is 5.69 Å². The van der Waals surface area contributed by atoms with E-state index >= 15 is 0 Å². The van der Waals surface area contributed by atoms with Crippen molar-refractivity contribution in [1.82, 2.24) is 4.98 Å². The van der Waals surface area contributed by atoms with E-state index in [1.807, 2.05) is 6.92 Å². The second kappa shape index (κ2) is 4.93. The van der Waals surface area contributed by atoms with Crippen molar-refractivity contribution in [3.8, 4) is 0 Å². The fourth-order valence-electron chi connectivity index (χ4n) is 2.03. The maximum Gasteiger partial charge on any atom is 0.228 e. The summed E-state index contributed by atoms with van der Waals surface area (Å²) in [4.78, 5) is 20.3. The Morgan fingerprint density at radius 1 is 1.72 bits per heavy atom. The number of pyridine rings is 1. The number of hydrogen-bond acceptors (Lipinski definition) is 4. The highest BCUT2D eigenvalue weighted by Gasteiger charge is 2.32. The number of aromatic nitrogens is 1. The molecule has 1 fully saturated rings. The van der Waals surface area contributed by atoms with Crippen molar-refractivity contribution < 1.29 is 4.79 Å². The Balaban J connectivity index is 2.21. The van der Waals surface area contributed by atoms with Crippen LogP contribution in [0.5, 0.6) is 0 Å². The maximum absolute atomic E-state index is 11.9. The predicted octanol–water partition coefficient (Wildman–Crippen LogP) is 1.64. The molecule has 1 aliphatic heterocycles. The highest BCUT2D eigenvalue weighted by atomic mass is 16.2. The van der Waals surface area contributed by atoms with Gasteiger partial charge < -0.3 is 5.73 Å². The number of nitrogens with zero attached hydrogens (tertiary/aromatic N) is 5. The summed E-state index contributed by atoms with van der Waals surface area (Å²) < 4.78 is 0. The highest BCUT2D eigenvalue weighted by Crippen LogP contribution is 2.29. The van der Waals surface area contributed by atoms with E-state index in [0.29, 0.717) is 31.0 Å². The molecule has 1 aliphatic rings. The fourth-order valence-corrected chi connectivity index (χ4v) is 2.03. The van der Waals surface area contributed by atoms with Gasteiger partial charge in [0.2, 0.25) is 5.91 Å². The topological polar surface area (TPSA) is 108 Å². The van der Waals surface area contributed by atoms with Crippen LogP contribution in [0.3, 0.4) is 0 Å². The SMILES string of the molecule is Cc1ccnc(N2CC(CN=[N+]=[N-])CC2=O)c1N. The van der Waals surface area contributed by atoms with Crippen molar-refractivity contribution >= 4 is 17.4 Å². The molecule has 7 heteroatoms. The first kappa shape index (κ1) is 12.2. The summed E-state index contributed by atoms with van der Waals surface area (Å²) in [5.41, 5.74) is 15.6. The monoisotopic (exact) mass is 246 g/mol. The van der Waals surface area contributed by atoms with Gasteiger partial charge in [0, 0.05) is 30.6 Å². The molecule has 0 spiro atoms. The van der Waals surface area contributed by atoms with Gasteiger partial charge in [-0.3, -0.25) is 9.69 Å². The zero-order chi connectivity index (χ0) is 13.1. The van der Waals surface area contributed by atoms with E-state index in [1.54, 1.807) is 17.2 Å². The summed E-state index contributed by atoms with van der Waals surface area (Å²) in [5, 5.41) is 3.51. The molecule has 0 bridgehead atoms. The Kier molecular flexibility index (Phi) is 3.34. The molecule has 2 N–H and O–H groups in total. The van der Waals surface area contributed by atoms with Crippen LogP contribution in [0.15, 0.2) is 17.4 Å². The van der Waals surface area contributed by atoms with Crippen LogP contribution in [0.1, 0.15) is 12.0 Å². The molecule has 1 aromatic rings. The Morgan fingerprint density at radius 2 is 2.50 bits per heavy atom. The highest BCUT2D eigenvalue weighted by molar-refractivity contribution is 5.97. The first-order valence-corrected chi connectivity index (χ1v) is 5.65. The van der Waals surface area contributed by atoms with Gasteiger partial charge in [-0.15, -0.1) is 0 Å². The number of nitrogen functional groups attached to an aromatic ring is 1. The van der Waals surface area contributed by atoms with Gasteiger partial charge in [-0.05, 0) is 30.0 Å².